The van der Waals surface area contributed by atoms with Crippen molar-refractivity contribution in [3.63, 3.8) is 0 Å². The number of anilines is 1. The number of hydrazine groups is 1. The molecule has 5 rings (SSSR count). The molecule has 162 valence electrons. The normalized spacial score (nSPS) is 18.5. The molecule has 3 aromatic rings. The molecule has 3 aromatic heterocycles. The molecular weight excluding hydrogens is 390 g/mol. The van der Waals surface area contributed by atoms with E-state index in [-0.39, 0.29) is 6.04 Å². The van der Waals surface area contributed by atoms with Crippen LogP contribution in [0.2, 0.25) is 0 Å². The first-order chi connectivity index (χ1) is 15.1. The van der Waals surface area contributed by atoms with Crippen LogP contribution in [-0.4, -0.2) is 63.0 Å². The molecular formula is C23H30N7O+. The molecule has 0 radical (unpaired) electrons. The van der Waals surface area contributed by atoms with E-state index in [1.165, 1.54) is 0 Å². The summed E-state index contributed by atoms with van der Waals surface area (Å²) in [6.07, 6.45) is 7.54. The summed E-state index contributed by atoms with van der Waals surface area (Å²) >= 11 is 0. The molecule has 8 heteroatoms. The van der Waals surface area contributed by atoms with Crippen molar-refractivity contribution >= 4 is 28.5 Å². The van der Waals surface area contributed by atoms with Gasteiger partial charge in [-0.1, -0.05) is 13.8 Å². The lowest BCUT2D eigenvalue weighted by Gasteiger charge is -2.34. The van der Waals surface area contributed by atoms with Crippen molar-refractivity contribution < 1.29 is 9.42 Å². The van der Waals surface area contributed by atoms with E-state index in [4.69, 9.17) is 15.6 Å². The SMILES string of the molecule is CC.CC1COCCN1c1cc(-c2ccnn2C)c2ccnc(C3=CC=[N+](N)C3)c2n1. The van der Waals surface area contributed by atoms with Gasteiger partial charge in [-0.25, -0.2) is 10.8 Å². The van der Waals surface area contributed by atoms with Crippen LogP contribution >= 0.6 is 0 Å². The second-order valence-electron chi connectivity index (χ2n) is 7.55. The zero-order chi connectivity index (χ0) is 22.0. The first-order valence-electron chi connectivity index (χ1n) is 10.8. The molecule has 0 aromatic carbocycles. The minimum absolute atomic E-state index is 0.256. The summed E-state index contributed by atoms with van der Waals surface area (Å²) in [5.74, 6) is 6.88. The van der Waals surface area contributed by atoms with Crippen LogP contribution in [0, 0.1) is 0 Å². The third-order valence-electron chi connectivity index (χ3n) is 5.60. The fourth-order valence-electron chi connectivity index (χ4n) is 4.08. The molecule has 5 heterocycles. The van der Waals surface area contributed by atoms with Crippen LogP contribution in [-0.2, 0) is 11.8 Å². The Morgan fingerprint density at radius 1 is 1.23 bits per heavy atom. The molecule has 0 bridgehead atoms. The number of nitrogens with two attached hydrogens (primary N) is 1. The van der Waals surface area contributed by atoms with Crippen molar-refractivity contribution in [3.8, 4) is 11.3 Å². The fourth-order valence-corrected chi connectivity index (χ4v) is 4.08. The summed E-state index contributed by atoms with van der Waals surface area (Å²) in [5.41, 5.74) is 4.96. The van der Waals surface area contributed by atoms with E-state index in [0.717, 1.165) is 45.8 Å². The summed E-state index contributed by atoms with van der Waals surface area (Å²) in [6.45, 7) is 9.00. The molecule has 8 nitrogen and oxygen atoms in total. The van der Waals surface area contributed by atoms with E-state index >= 15 is 0 Å². The molecule has 1 unspecified atom stereocenters. The second kappa shape index (κ2) is 8.85. The Hall–Kier alpha value is -3.26. The average Bonchev–Trinajstić information content (AvgIpc) is 3.42. The quantitative estimate of drug-likeness (QED) is 0.518. The number of morpholine rings is 1. The molecule has 0 spiro atoms. The summed E-state index contributed by atoms with van der Waals surface area (Å²) in [4.78, 5) is 12.1. The largest absolute Gasteiger partial charge is 0.377 e. The van der Waals surface area contributed by atoms with Crippen molar-refractivity contribution in [1.29, 1.82) is 0 Å². The van der Waals surface area contributed by atoms with E-state index in [1.54, 1.807) is 4.68 Å². The molecule has 1 fully saturated rings. The van der Waals surface area contributed by atoms with Gasteiger partial charge < -0.3 is 9.64 Å². The number of aromatic nitrogens is 4. The van der Waals surface area contributed by atoms with E-state index in [0.29, 0.717) is 19.8 Å². The number of allylic oxidation sites excluding steroid dienone is 1. The molecule has 0 aliphatic carbocycles. The van der Waals surface area contributed by atoms with Gasteiger partial charge in [0, 0.05) is 43.0 Å². The predicted octanol–water partition coefficient (Wildman–Crippen LogP) is 2.64. The Morgan fingerprint density at radius 2 is 2.06 bits per heavy atom. The van der Waals surface area contributed by atoms with E-state index in [2.05, 4.69) is 28.0 Å². The highest BCUT2D eigenvalue weighted by atomic mass is 16.5. The van der Waals surface area contributed by atoms with Crippen LogP contribution < -0.4 is 10.7 Å². The smallest absolute Gasteiger partial charge is 0.198 e. The van der Waals surface area contributed by atoms with Gasteiger partial charge in [0.2, 0.25) is 0 Å². The first-order valence-corrected chi connectivity index (χ1v) is 10.8. The minimum Gasteiger partial charge on any atom is -0.377 e. The number of hydrogen-bond acceptors (Lipinski definition) is 6. The number of hydrogen-bond donors (Lipinski definition) is 1. The molecule has 31 heavy (non-hydrogen) atoms. The van der Waals surface area contributed by atoms with Crippen LogP contribution in [0.25, 0.3) is 27.7 Å². The van der Waals surface area contributed by atoms with Gasteiger partial charge >= 0.3 is 0 Å². The van der Waals surface area contributed by atoms with Gasteiger partial charge in [-0.2, -0.15) is 5.10 Å². The maximum Gasteiger partial charge on any atom is 0.198 e. The molecule has 0 amide bonds. The van der Waals surface area contributed by atoms with Crippen LogP contribution in [0.1, 0.15) is 26.5 Å². The molecule has 2 aliphatic heterocycles. The minimum atomic E-state index is 0.256. The maximum absolute atomic E-state index is 5.94. The van der Waals surface area contributed by atoms with Gasteiger partial charge in [0.1, 0.15) is 5.82 Å². The standard InChI is InChI=1S/C21H24N7O.C2H6/c1-14-13-29-10-9-28(14)19-11-17(18-4-7-24-26(18)2)16-3-6-23-20(21(16)25-19)15-5-8-27(22)12-15;1-2/h3-8,11,14H,9-10,12-13,22H2,1-2H3;1-2H3/q+1;. The van der Waals surface area contributed by atoms with Crippen molar-refractivity contribution in [1.82, 2.24) is 19.7 Å². The number of hydrazone groups is 1. The summed E-state index contributed by atoms with van der Waals surface area (Å²) in [7, 11) is 1.96. The first kappa shape index (κ1) is 21.0. The molecule has 2 N–H and O–H groups in total. The lowest BCUT2D eigenvalue weighted by molar-refractivity contribution is -0.519. The average molecular weight is 421 g/mol. The summed E-state index contributed by atoms with van der Waals surface area (Å²) in [5, 5.41) is 5.43. The van der Waals surface area contributed by atoms with Crippen LogP contribution in [0.4, 0.5) is 5.82 Å². The highest BCUT2D eigenvalue weighted by Crippen LogP contribution is 2.34. The third kappa shape index (κ3) is 3.90. The van der Waals surface area contributed by atoms with E-state index in [9.17, 15) is 0 Å². The number of pyridine rings is 2. The Morgan fingerprint density at radius 3 is 2.74 bits per heavy atom. The van der Waals surface area contributed by atoms with Crippen LogP contribution in [0.15, 0.2) is 36.7 Å². The monoisotopic (exact) mass is 420 g/mol. The number of ether oxygens (including phenoxy) is 1. The third-order valence-corrected chi connectivity index (χ3v) is 5.60. The molecule has 0 saturated carbocycles. The fraction of sp³-hybridized carbons (Fsp3) is 0.391. The van der Waals surface area contributed by atoms with Gasteiger partial charge in [-0.15, -0.1) is 4.68 Å². The van der Waals surface area contributed by atoms with Crippen molar-refractivity contribution in [2.24, 2.45) is 12.9 Å². The van der Waals surface area contributed by atoms with E-state index in [1.807, 2.05) is 62.4 Å². The number of rotatable bonds is 3. The highest BCUT2D eigenvalue weighted by Gasteiger charge is 2.25. The van der Waals surface area contributed by atoms with Gasteiger partial charge in [-0.3, -0.25) is 9.67 Å². The zero-order valence-electron chi connectivity index (χ0n) is 18.6. The Balaban J connectivity index is 0.00000112. The van der Waals surface area contributed by atoms with Gasteiger partial charge in [0.25, 0.3) is 0 Å². The second-order valence-corrected chi connectivity index (χ2v) is 7.55. The molecule has 1 saturated heterocycles. The van der Waals surface area contributed by atoms with Crippen molar-refractivity contribution in [2.45, 2.75) is 26.8 Å². The van der Waals surface area contributed by atoms with Gasteiger partial charge in [0.15, 0.2) is 12.8 Å². The van der Waals surface area contributed by atoms with Crippen molar-refractivity contribution in [2.75, 3.05) is 31.2 Å². The highest BCUT2D eigenvalue weighted by molar-refractivity contribution is 6.01. The number of fused-ring (bicyclic) bond motifs is 1. The van der Waals surface area contributed by atoms with Gasteiger partial charge in [0.05, 0.1) is 41.7 Å². The summed E-state index contributed by atoms with van der Waals surface area (Å²) < 4.78 is 9.18. The Bertz CT molecular complexity index is 1150. The van der Waals surface area contributed by atoms with Crippen LogP contribution in [0.5, 0.6) is 0 Å². The predicted molar refractivity (Wildman–Crippen MR) is 124 cm³/mol. The maximum atomic E-state index is 5.94. The zero-order valence-corrected chi connectivity index (χ0v) is 18.6. The number of aryl methyl sites for hydroxylation is 1. The van der Waals surface area contributed by atoms with E-state index < -0.39 is 0 Å². The topological polar surface area (TPSA) is 85.1 Å². The Kier molecular flexibility index (Phi) is 5.99. The van der Waals surface area contributed by atoms with Crippen LogP contribution in [0.3, 0.4) is 0 Å². The lowest BCUT2D eigenvalue weighted by Crippen LogP contribution is -2.44. The molecule has 1 atom stereocenters. The number of nitrogens with zero attached hydrogens (tertiary/aromatic N) is 6. The summed E-state index contributed by atoms with van der Waals surface area (Å²) in [6, 6.07) is 6.48. The van der Waals surface area contributed by atoms with Gasteiger partial charge in [-0.05, 0) is 25.1 Å². The molecule has 2 aliphatic rings. The Labute approximate surface area is 182 Å². The lowest BCUT2D eigenvalue weighted by atomic mass is 10.0. The van der Waals surface area contributed by atoms with Crippen molar-refractivity contribution in [3.05, 3.63) is 42.4 Å².